The van der Waals surface area contributed by atoms with Crippen molar-refractivity contribution < 1.29 is 23.7 Å². The number of hydrogen-bond donors (Lipinski definition) is 1. The van der Waals surface area contributed by atoms with E-state index in [2.05, 4.69) is 10.1 Å². The first kappa shape index (κ1) is 25.3. The molecule has 0 bridgehead atoms. The maximum absolute atomic E-state index is 12.7. The van der Waals surface area contributed by atoms with Crippen LogP contribution in [0.2, 0.25) is 0 Å². The highest BCUT2D eigenvalue weighted by molar-refractivity contribution is 8.27. The number of hydrogen-bond acceptors (Lipinski definition) is 8. The van der Waals surface area contributed by atoms with E-state index in [0.717, 1.165) is 16.4 Å². The lowest BCUT2D eigenvalue weighted by Crippen LogP contribution is -2.35. The van der Waals surface area contributed by atoms with Crippen molar-refractivity contribution in [2.75, 3.05) is 27.4 Å². The Hall–Kier alpha value is -3.79. The summed E-state index contributed by atoms with van der Waals surface area (Å²) in [5.41, 5.74) is 1.76. The maximum Gasteiger partial charge on any atom is 0.283 e. The van der Waals surface area contributed by atoms with E-state index < -0.39 is 5.91 Å². The van der Waals surface area contributed by atoms with Crippen molar-refractivity contribution in [2.24, 2.45) is 16.0 Å². The van der Waals surface area contributed by atoms with Crippen LogP contribution in [0.4, 0.5) is 0 Å². The molecule has 0 saturated heterocycles. The molecule has 0 spiro atoms. The Balaban J connectivity index is 1.54. The van der Waals surface area contributed by atoms with Crippen LogP contribution in [0.1, 0.15) is 25.0 Å². The molecule has 4 rings (SSSR count). The summed E-state index contributed by atoms with van der Waals surface area (Å²) >= 11 is 1.31. The third-order valence-electron chi connectivity index (χ3n) is 5.44. The second-order valence-electron chi connectivity index (χ2n) is 8.33. The molecule has 1 N–H and O–H groups in total. The van der Waals surface area contributed by atoms with Gasteiger partial charge in [0.2, 0.25) is 10.9 Å². The normalized spacial score (nSPS) is 16.2. The van der Waals surface area contributed by atoms with Gasteiger partial charge in [0.25, 0.3) is 5.91 Å². The van der Waals surface area contributed by atoms with Crippen LogP contribution in [-0.4, -0.2) is 54.4 Å². The number of aryl methyl sites for hydroxylation is 1. The fourth-order valence-corrected chi connectivity index (χ4v) is 4.44. The van der Waals surface area contributed by atoms with E-state index in [0.29, 0.717) is 34.6 Å². The van der Waals surface area contributed by atoms with Crippen LogP contribution >= 0.6 is 11.8 Å². The summed E-state index contributed by atoms with van der Waals surface area (Å²) in [5, 5.41) is 15.6. The van der Waals surface area contributed by atoms with Crippen molar-refractivity contribution in [1.29, 1.82) is 5.41 Å². The number of methoxy groups -OCH3 is 2. The Morgan fingerprint density at radius 1 is 1.06 bits per heavy atom. The third-order valence-corrected chi connectivity index (χ3v) is 6.65. The average molecular weight is 509 g/mol. The lowest BCUT2D eigenvalue weighted by molar-refractivity contribution is -0.114. The second-order valence-corrected chi connectivity index (χ2v) is 9.32. The van der Waals surface area contributed by atoms with Crippen LogP contribution in [0, 0.1) is 18.3 Å². The summed E-state index contributed by atoms with van der Waals surface area (Å²) in [6.07, 6.45) is 1.58. The van der Waals surface area contributed by atoms with E-state index in [1.54, 1.807) is 18.2 Å². The number of carbonyl (C=O) groups is 1. The average Bonchev–Trinajstić information content (AvgIpc) is 3.30. The summed E-state index contributed by atoms with van der Waals surface area (Å²) in [6, 6.07) is 11.2. The molecule has 9 nitrogen and oxygen atoms in total. The van der Waals surface area contributed by atoms with Gasteiger partial charge >= 0.3 is 0 Å². The van der Waals surface area contributed by atoms with E-state index >= 15 is 0 Å². The summed E-state index contributed by atoms with van der Waals surface area (Å²) in [6.45, 7) is 6.59. The number of hydrazone groups is 1. The van der Waals surface area contributed by atoms with Crippen LogP contribution in [-0.2, 0) is 4.79 Å². The Kier molecular flexibility index (Phi) is 7.64. The first-order valence-corrected chi connectivity index (χ1v) is 12.2. The molecule has 0 aliphatic carbocycles. The van der Waals surface area contributed by atoms with Crippen LogP contribution in [0.5, 0.6) is 23.0 Å². The second kappa shape index (κ2) is 10.9. The van der Waals surface area contributed by atoms with E-state index in [1.807, 2.05) is 45.0 Å². The highest BCUT2D eigenvalue weighted by atomic mass is 32.2. The number of fused-ring (bicyclic) bond motifs is 1. The smallest absolute Gasteiger partial charge is 0.283 e. The van der Waals surface area contributed by atoms with Gasteiger partial charge in [0.05, 0.1) is 19.8 Å². The molecular formula is C26H28N4O5S. The maximum atomic E-state index is 12.7. The highest BCUT2D eigenvalue weighted by Gasteiger charge is 2.36. The zero-order chi connectivity index (χ0) is 25.8. The first-order valence-electron chi connectivity index (χ1n) is 11.4. The van der Waals surface area contributed by atoms with Crippen LogP contribution in [0.25, 0.3) is 6.08 Å². The van der Waals surface area contributed by atoms with Gasteiger partial charge in [-0.25, -0.2) is 0 Å². The molecule has 1 amide bonds. The van der Waals surface area contributed by atoms with Crippen molar-refractivity contribution in [3.63, 3.8) is 0 Å². The van der Waals surface area contributed by atoms with Crippen molar-refractivity contribution in [2.45, 2.75) is 20.8 Å². The Bertz CT molecular complexity index is 1260. The molecule has 2 heterocycles. The van der Waals surface area contributed by atoms with E-state index in [4.69, 9.17) is 24.4 Å². The summed E-state index contributed by atoms with van der Waals surface area (Å²) in [5.74, 6) is 1.71. The van der Waals surface area contributed by atoms with E-state index in [-0.39, 0.29) is 23.9 Å². The Morgan fingerprint density at radius 3 is 2.36 bits per heavy atom. The van der Waals surface area contributed by atoms with Crippen molar-refractivity contribution in [1.82, 2.24) is 5.01 Å². The SMILES string of the molecule is COc1cc(/C=C2/C(=N)N3N=C(C(C)C)SC3=NC2=O)cc(OC)c1OCCOc1ccccc1C. The zero-order valence-corrected chi connectivity index (χ0v) is 21.6. The zero-order valence-electron chi connectivity index (χ0n) is 20.8. The molecule has 2 aromatic rings. The number of rotatable bonds is 9. The Labute approximate surface area is 214 Å². The quantitative estimate of drug-likeness (QED) is 0.385. The highest BCUT2D eigenvalue weighted by Crippen LogP contribution is 2.39. The topological polar surface area (TPSA) is 106 Å². The first-order chi connectivity index (χ1) is 17.3. The van der Waals surface area contributed by atoms with Crippen LogP contribution < -0.4 is 18.9 Å². The van der Waals surface area contributed by atoms with Crippen LogP contribution in [0.15, 0.2) is 52.1 Å². The minimum absolute atomic E-state index is 0.0280. The monoisotopic (exact) mass is 508 g/mol. The molecule has 36 heavy (non-hydrogen) atoms. The summed E-state index contributed by atoms with van der Waals surface area (Å²) < 4.78 is 22.8. The largest absolute Gasteiger partial charge is 0.493 e. The van der Waals surface area contributed by atoms with Crippen LogP contribution in [0.3, 0.4) is 0 Å². The molecule has 2 aliphatic heterocycles. The molecule has 0 atom stereocenters. The molecule has 0 radical (unpaired) electrons. The standard InChI is InChI=1S/C26H28N4O5S/c1-15(2)25-29-30-23(27)18(24(31)28-26(30)36-25)12-17-13-20(32-4)22(21(14-17)33-5)35-11-10-34-19-9-7-6-8-16(19)3/h6-9,12-15,27H,10-11H2,1-5H3/b18-12-,27-23?. The van der Waals surface area contributed by atoms with Gasteiger partial charge in [-0.1, -0.05) is 32.0 Å². The van der Waals surface area contributed by atoms with Gasteiger partial charge in [-0.15, -0.1) is 0 Å². The third kappa shape index (κ3) is 5.23. The predicted octanol–water partition coefficient (Wildman–Crippen LogP) is 4.75. The van der Waals surface area contributed by atoms with Gasteiger partial charge in [-0.05, 0) is 54.1 Å². The predicted molar refractivity (Wildman–Crippen MR) is 142 cm³/mol. The van der Waals surface area contributed by atoms with Gasteiger partial charge in [0, 0.05) is 5.92 Å². The number of thioether (sulfide) groups is 1. The van der Waals surface area contributed by atoms with Gasteiger partial charge in [-0.3, -0.25) is 10.2 Å². The molecule has 0 aromatic heterocycles. The minimum atomic E-state index is -0.495. The number of para-hydroxylation sites is 1. The molecular weight excluding hydrogens is 480 g/mol. The number of ether oxygens (including phenoxy) is 4. The van der Waals surface area contributed by atoms with Gasteiger partial charge in [0.15, 0.2) is 17.3 Å². The van der Waals surface area contributed by atoms with E-state index in [1.165, 1.54) is 31.0 Å². The van der Waals surface area contributed by atoms with Crippen molar-refractivity contribution >= 4 is 39.8 Å². The molecule has 0 saturated carbocycles. The molecule has 0 unspecified atom stereocenters. The molecule has 2 aliphatic rings. The number of amidine groups is 2. The number of aliphatic imine (C=N–C) groups is 1. The van der Waals surface area contributed by atoms with E-state index in [9.17, 15) is 4.79 Å². The molecule has 2 aromatic carbocycles. The number of benzene rings is 2. The number of nitrogens with one attached hydrogen (secondary N) is 1. The number of amides is 1. The summed E-state index contributed by atoms with van der Waals surface area (Å²) in [7, 11) is 3.05. The minimum Gasteiger partial charge on any atom is -0.493 e. The lowest BCUT2D eigenvalue weighted by atomic mass is 10.1. The number of nitrogens with zero attached hydrogens (tertiary/aromatic N) is 3. The number of carbonyl (C=O) groups excluding carboxylic acids is 1. The van der Waals surface area contributed by atoms with Crippen molar-refractivity contribution in [3.8, 4) is 23.0 Å². The van der Waals surface area contributed by atoms with Gasteiger partial charge in [-0.2, -0.15) is 15.1 Å². The van der Waals surface area contributed by atoms with Crippen molar-refractivity contribution in [3.05, 3.63) is 53.1 Å². The Morgan fingerprint density at radius 2 is 1.72 bits per heavy atom. The fraction of sp³-hybridized carbons (Fsp3) is 0.308. The molecule has 10 heteroatoms. The molecule has 0 fully saturated rings. The fourth-order valence-electron chi connectivity index (χ4n) is 3.55. The molecule has 188 valence electrons. The summed E-state index contributed by atoms with van der Waals surface area (Å²) in [4.78, 5) is 16.9. The van der Waals surface area contributed by atoms with Gasteiger partial charge in [0.1, 0.15) is 24.0 Å². The van der Waals surface area contributed by atoms with Gasteiger partial charge < -0.3 is 18.9 Å². The lowest BCUT2D eigenvalue weighted by Gasteiger charge is -2.20.